The minimum atomic E-state index is 0.491. The standard InChI is InChI=1S/C28H31N5O3/c1-33(2)17-19-35-23-13-9-10-21(20-23)25-26(36-22-11-5-4-6-12-22)28(30-16-18-34-3)32-27(31-25)24-14-7-8-15-29-24/h4-15,20H,16-19H2,1-3H3,(H,30,31,32). The van der Waals surface area contributed by atoms with Crippen LogP contribution in [0.3, 0.4) is 0 Å². The van der Waals surface area contributed by atoms with E-state index in [4.69, 9.17) is 24.2 Å². The first-order chi connectivity index (χ1) is 17.6. The highest BCUT2D eigenvalue weighted by molar-refractivity contribution is 5.76. The van der Waals surface area contributed by atoms with Crippen LogP contribution in [0.15, 0.2) is 79.0 Å². The summed E-state index contributed by atoms with van der Waals surface area (Å²) in [6.45, 7) is 2.46. The molecule has 8 heteroatoms. The van der Waals surface area contributed by atoms with Crippen molar-refractivity contribution >= 4 is 5.82 Å². The first-order valence-corrected chi connectivity index (χ1v) is 11.8. The SMILES string of the molecule is COCCNc1nc(-c2ccccn2)nc(-c2cccc(OCCN(C)C)c2)c1Oc1ccccc1. The molecule has 0 aliphatic carbocycles. The maximum Gasteiger partial charge on any atom is 0.195 e. The van der Waals surface area contributed by atoms with Crippen molar-refractivity contribution < 1.29 is 14.2 Å². The van der Waals surface area contributed by atoms with Crippen LogP contribution in [0.1, 0.15) is 0 Å². The minimum absolute atomic E-state index is 0.491. The van der Waals surface area contributed by atoms with Gasteiger partial charge in [0.05, 0.1) is 6.61 Å². The second-order valence-electron chi connectivity index (χ2n) is 8.30. The van der Waals surface area contributed by atoms with Crippen molar-refractivity contribution in [2.75, 3.05) is 52.8 Å². The molecule has 0 spiro atoms. The maximum absolute atomic E-state index is 6.37. The molecule has 2 aromatic carbocycles. The fraction of sp³-hybridized carbons (Fsp3) is 0.250. The molecule has 4 rings (SSSR count). The van der Waals surface area contributed by atoms with Crippen LogP contribution in [-0.4, -0.2) is 67.4 Å². The van der Waals surface area contributed by atoms with Gasteiger partial charge in [0.2, 0.25) is 0 Å². The third-order valence-electron chi connectivity index (χ3n) is 5.24. The Kier molecular flexibility index (Phi) is 8.80. The van der Waals surface area contributed by atoms with Crippen LogP contribution in [0.25, 0.3) is 22.8 Å². The third-order valence-corrected chi connectivity index (χ3v) is 5.24. The van der Waals surface area contributed by atoms with Crippen LogP contribution in [0.4, 0.5) is 5.82 Å². The monoisotopic (exact) mass is 485 g/mol. The summed E-state index contributed by atoms with van der Waals surface area (Å²) in [5.41, 5.74) is 2.14. The predicted molar refractivity (Wildman–Crippen MR) is 142 cm³/mol. The van der Waals surface area contributed by atoms with Gasteiger partial charge in [0.25, 0.3) is 0 Å². The highest BCUT2D eigenvalue weighted by Crippen LogP contribution is 2.39. The topological polar surface area (TPSA) is 81.6 Å². The molecule has 186 valence electrons. The second kappa shape index (κ2) is 12.6. The average molecular weight is 486 g/mol. The van der Waals surface area contributed by atoms with E-state index in [0.717, 1.165) is 17.9 Å². The van der Waals surface area contributed by atoms with Crippen molar-refractivity contribution in [1.29, 1.82) is 0 Å². The Labute approximate surface area is 211 Å². The van der Waals surface area contributed by atoms with Gasteiger partial charge < -0.3 is 24.4 Å². The molecule has 0 fully saturated rings. The van der Waals surface area contributed by atoms with E-state index in [1.807, 2.05) is 86.9 Å². The number of hydrogen-bond acceptors (Lipinski definition) is 8. The van der Waals surface area contributed by atoms with Gasteiger partial charge in [-0.15, -0.1) is 0 Å². The van der Waals surface area contributed by atoms with E-state index in [1.54, 1.807) is 13.3 Å². The molecule has 0 unspecified atom stereocenters. The number of anilines is 1. The number of hydrogen-bond donors (Lipinski definition) is 1. The van der Waals surface area contributed by atoms with Gasteiger partial charge in [0.15, 0.2) is 17.4 Å². The van der Waals surface area contributed by atoms with Crippen molar-refractivity contribution in [3.05, 3.63) is 79.0 Å². The molecule has 0 aliphatic rings. The summed E-state index contributed by atoms with van der Waals surface area (Å²) in [6, 6.07) is 23.1. The second-order valence-corrected chi connectivity index (χ2v) is 8.30. The summed E-state index contributed by atoms with van der Waals surface area (Å²) >= 11 is 0. The summed E-state index contributed by atoms with van der Waals surface area (Å²) in [4.78, 5) is 16.2. The van der Waals surface area contributed by atoms with E-state index in [-0.39, 0.29) is 0 Å². The van der Waals surface area contributed by atoms with Gasteiger partial charge in [-0.25, -0.2) is 9.97 Å². The number of benzene rings is 2. The Morgan fingerprint density at radius 3 is 2.42 bits per heavy atom. The van der Waals surface area contributed by atoms with Crippen molar-refractivity contribution in [2.24, 2.45) is 0 Å². The number of rotatable bonds is 12. The van der Waals surface area contributed by atoms with Gasteiger partial charge in [-0.2, -0.15) is 0 Å². The molecule has 2 aromatic heterocycles. The van der Waals surface area contributed by atoms with Crippen LogP contribution in [-0.2, 0) is 4.74 Å². The Hall–Kier alpha value is -4.01. The quantitative estimate of drug-likeness (QED) is 0.281. The summed E-state index contributed by atoms with van der Waals surface area (Å²) in [5, 5.41) is 3.35. The third kappa shape index (κ3) is 6.78. The average Bonchev–Trinajstić information content (AvgIpc) is 2.90. The zero-order valence-electron chi connectivity index (χ0n) is 20.8. The van der Waals surface area contributed by atoms with Crippen LogP contribution >= 0.6 is 0 Å². The van der Waals surface area contributed by atoms with Crippen LogP contribution in [0, 0.1) is 0 Å². The van der Waals surface area contributed by atoms with Gasteiger partial charge >= 0.3 is 0 Å². The molecule has 2 heterocycles. The molecule has 0 radical (unpaired) electrons. The lowest BCUT2D eigenvalue weighted by atomic mass is 10.1. The molecule has 0 amide bonds. The van der Waals surface area contributed by atoms with Crippen LogP contribution in [0.2, 0.25) is 0 Å². The molecule has 1 N–H and O–H groups in total. The summed E-state index contributed by atoms with van der Waals surface area (Å²) in [6.07, 6.45) is 1.73. The predicted octanol–water partition coefficient (Wildman–Crippen LogP) is 5.00. The molecular weight excluding hydrogens is 454 g/mol. The number of pyridine rings is 1. The van der Waals surface area contributed by atoms with E-state index in [0.29, 0.717) is 54.3 Å². The van der Waals surface area contributed by atoms with Crippen molar-refractivity contribution in [2.45, 2.75) is 0 Å². The zero-order chi connectivity index (χ0) is 25.2. The zero-order valence-corrected chi connectivity index (χ0v) is 20.8. The molecule has 0 aliphatic heterocycles. The number of nitrogens with one attached hydrogen (secondary N) is 1. The first kappa shape index (κ1) is 25.1. The summed E-state index contributed by atoms with van der Waals surface area (Å²) in [7, 11) is 5.70. The van der Waals surface area contributed by atoms with Crippen molar-refractivity contribution in [3.8, 4) is 40.0 Å². The first-order valence-electron chi connectivity index (χ1n) is 11.8. The Morgan fingerprint density at radius 2 is 1.67 bits per heavy atom. The van der Waals surface area contributed by atoms with E-state index < -0.39 is 0 Å². The van der Waals surface area contributed by atoms with Crippen molar-refractivity contribution in [1.82, 2.24) is 19.9 Å². The number of methoxy groups -OCH3 is 1. The smallest absolute Gasteiger partial charge is 0.195 e. The number of para-hydroxylation sites is 1. The van der Waals surface area contributed by atoms with Gasteiger partial charge in [-0.1, -0.05) is 36.4 Å². The van der Waals surface area contributed by atoms with E-state index in [2.05, 4.69) is 15.2 Å². The lowest BCUT2D eigenvalue weighted by Gasteiger charge is -2.18. The molecule has 0 bridgehead atoms. The van der Waals surface area contributed by atoms with Crippen molar-refractivity contribution in [3.63, 3.8) is 0 Å². The minimum Gasteiger partial charge on any atom is -0.492 e. The fourth-order valence-corrected chi connectivity index (χ4v) is 3.43. The molecule has 36 heavy (non-hydrogen) atoms. The van der Waals surface area contributed by atoms with Gasteiger partial charge in [-0.3, -0.25) is 4.98 Å². The molecule has 4 aromatic rings. The Bertz CT molecular complexity index is 1240. The summed E-state index contributed by atoms with van der Waals surface area (Å²) in [5.74, 6) is 3.00. The van der Waals surface area contributed by atoms with Crippen LogP contribution < -0.4 is 14.8 Å². The Morgan fingerprint density at radius 1 is 0.861 bits per heavy atom. The molecule has 8 nitrogen and oxygen atoms in total. The Balaban J connectivity index is 1.81. The number of aromatic nitrogens is 3. The number of nitrogens with zero attached hydrogens (tertiary/aromatic N) is 4. The molecule has 0 atom stereocenters. The van der Waals surface area contributed by atoms with Crippen LogP contribution in [0.5, 0.6) is 17.2 Å². The van der Waals surface area contributed by atoms with Gasteiger partial charge in [-0.05, 0) is 50.5 Å². The van der Waals surface area contributed by atoms with E-state index in [1.165, 1.54) is 0 Å². The fourth-order valence-electron chi connectivity index (χ4n) is 3.43. The molecule has 0 saturated heterocycles. The summed E-state index contributed by atoms with van der Waals surface area (Å²) < 4.78 is 17.6. The normalized spacial score (nSPS) is 10.9. The maximum atomic E-state index is 6.37. The largest absolute Gasteiger partial charge is 0.492 e. The molecular formula is C28H31N5O3. The van der Waals surface area contributed by atoms with E-state index in [9.17, 15) is 0 Å². The lowest BCUT2D eigenvalue weighted by Crippen LogP contribution is -2.19. The highest BCUT2D eigenvalue weighted by atomic mass is 16.5. The van der Waals surface area contributed by atoms with E-state index >= 15 is 0 Å². The van der Waals surface area contributed by atoms with Gasteiger partial charge in [0.1, 0.15) is 29.5 Å². The number of ether oxygens (including phenoxy) is 3. The molecule has 0 saturated carbocycles. The van der Waals surface area contributed by atoms with Gasteiger partial charge in [0, 0.05) is 32.0 Å². The highest BCUT2D eigenvalue weighted by Gasteiger charge is 2.20. The number of likely N-dealkylation sites (N-methyl/N-ethyl adjacent to an activating group) is 1. The lowest BCUT2D eigenvalue weighted by molar-refractivity contribution is 0.210.